The Labute approximate surface area is 89.5 Å². The van der Waals surface area contributed by atoms with E-state index in [0.717, 1.165) is 18.1 Å². The van der Waals surface area contributed by atoms with E-state index >= 15 is 0 Å². The first kappa shape index (κ1) is 9.77. The van der Waals surface area contributed by atoms with E-state index in [1.54, 1.807) is 0 Å². The highest BCUT2D eigenvalue weighted by Gasteiger charge is 2.04. The van der Waals surface area contributed by atoms with Gasteiger partial charge in [-0.15, -0.1) is 0 Å². The zero-order valence-corrected chi connectivity index (χ0v) is 9.04. The molecular weight excluding hydrogens is 186 g/mol. The number of anilines is 1. The average molecular weight is 201 g/mol. The summed E-state index contributed by atoms with van der Waals surface area (Å²) in [4.78, 5) is 0. The molecule has 3 heteroatoms. The van der Waals surface area contributed by atoms with Crippen molar-refractivity contribution in [3.8, 4) is 11.3 Å². The number of hydrogen-bond acceptors (Lipinski definition) is 2. The maximum absolute atomic E-state index is 4.19. The first-order valence-corrected chi connectivity index (χ1v) is 5.16. The zero-order chi connectivity index (χ0) is 10.7. The molecule has 0 aliphatic rings. The number of hydrogen-bond donors (Lipinski definition) is 2. The second-order valence-electron chi connectivity index (χ2n) is 3.51. The molecule has 0 spiro atoms. The van der Waals surface area contributed by atoms with Crippen LogP contribution in [0, 0.1) is 6.92 Å². The Morgan fingerprint density at radius 2 is 2.13 bits per heavy atom. The van der Waals surface area contributed by atoms with Crippen LogP contribution in [0.4, 0.5) is 5.82 Å². The van der Waals surface area contributed by atoms with Crippen LogP contribution in [0.5, 0.6) is 0 Å². The summed E-state index contributed by atoms with van der Waals surface area (Å²) in [5.41, 5.74) is 3.52. The molecule has 0 saturated heterocycles. The number of aryl methyl sites for hydroxylation is 1. The Morgan fingerprint density at radius 3 is 2.87 bits per heavy atom. The van der Waals surface area contributed by atoms with Gasteiger partial charge in [-0.05, 0) is 19.4 Å². The van der Waals surface area contributed by atoms with Crippen molar-refractivity contribution in [2.24, 2.45) is 0 Å². The van der Waals surface area contributed by atoms with Gasteiger partial charge in [0.1, 0.15) is 5.82 Å². The third-order valence-corrected chi connectivity index (χ3v) is 2.37. The van der Waals surface area contributed by atoms with Crippen LogP contribution < -0.4 is 5.32 Å². The van der Waals surface area contributed by atoms with Crippen molar-refractivity contribution in [3.05, 3.63) is 35.9 Å². The van der Waals surface area contributed by atoms with Crippen molar-refractivity contribution in [2.75, 3.05) is 11.9 Å². The van der Waals surface area contributed by atoms with Gasteiger partial charge in [0.25, 0.3) is 0 Å². The third-order valence-electron chi connectivity index (χ3n) is 2.37. The normalized spacial score (nSPS) is 10.3. The number of rotatable bonds is 3. The maximum Gasteiger partial charge on any atom is 0.148 e. The van der Waals surface area contributed by atoms with Gasteiger partial charge in [-0.1, -0.05) is 24.3 Å². The summed E-state index contributed by atoms with van der Waals surface area (Å²) < 4.78 is 0. The van der Waals surface area contributed by atoms with Gasteiger partial charge in [0.2, 0.25) is 0 Å². The highest BCUT2D eigenvalue weighted by atomic mass is 15.2. The van der Waals surface area contributed by atoms with Crippen molar-refractivity contribution >= 4 is 5.82 Å². The number of nitrogens with one attached hydrogen (secondary N) is 2. The summed E-state index contributed by atoms with van der Waals surface area (Å²) in [7, 11) is 0. The molecule has 2 N–H and O–H groups in total. The van der Waals surface area contributed by atoms with Gasteiger partial charge < -0.3 is 5.32 Å². The monoisotopic (exact) mass is 201 g/mol. The quantitative estimate of drug-likeness (QED) is 0.801. The number of H-pyrrole nitrogens is 1. The van der Waals surface area contributed by atoms with E-state index in [-0.39, 0.29) is 0 Å². The average Bonchev–Trinajstić information content (AvgIpc) is 2.68. The molecule has 2 aromatic rings. The zero-order valence-electron chi connectivity index (χ0n) is 9.04. The van der Waals surface area contributed by atoms with Crippen LogP contribution in [0.1, 0.15) is 12.5 Å². The summed E-state index contributed by atoms with van der Waals surface area (Å²) in [6.07, 6.45) is 0. The lowest BCUT2D eigenvalue weighted by Crippen LogP contribution is -1.95. The summed E-state index contributed by atoms with van der Waals surface area (Å²) in [5.74, 6) is 0.899. The fourth-order valence-electron chi connectivity index (χ4n) is 1.61. The number of aromatic nitrogens is 2. The molecule has 78 valence electrons. The van der Waals surface area contributed by atoms with Crippen LogP contribution in [-0.4, -0.2) is 16.7 Å². The predicted octanol–water partition coefficient (Wildman–Crippen LogP) is 2.82. The fraction of sp³-hybridized carbons (Fsp3) is 0.250. The Kier molecular flexibility index (Phi) is 2.72. The Balaban J connectivity index is 2.33. The van der Waals surface area contributed by atoms with E-state index in [1.807, 2.05) is 18.2 Å². The first-order chi connectivity index (χ1) is 7.31. The van der Waals surface area contributed by atoms with Crippen LogP contribution in [0.2, 0.25) is 0 Å². The summed E-state index contributed by atoms with van der Waals surface area (Å²) in [5, 5.41) is 10.4. The molecule has 0 aliphatic carbocycles. The Hall–Kier alpha value is -1.77. The lowest BCUT2D eigenvalue weighted by atomic mass is 10.1. The van der Waals surface area contributed by atoms with Gasteiger partial charge in [-0.3, -0.25) is 5.10 Å². The van der Waals surface area contributed by atoms with Crippen LogP contribution in [0.15, 0.2) is 30.3 Å². The summed E-state index contributed by atoms with van der Waals surface area (Å²) in [6, 6.07) is 10.3. The standard InChI is InChI=1S/C12H15N3/c1-3-13-12-8-11(14-15-12)10-7-5-4-6-9(10)2/h4-8H,3H2,1-2H3,(H2,13,14,15). The van der Waals surface area contributed by atoms with Crippen molar-refractivity contribution in [1.82, 2.24) is 10.2 Å². The number of nitrogens with zero attached hydrogens (tertiary/aromatic N) is 1. The molecule has 15 heavy (non-hydrogen) atoms. The van der Waals surface area contributed by atoms with Crippen LogP contribution in [0.3, 0.4) is 0 Å². The van der Waals surface area contributed by atoms with Gasteiger partial charge in [0, 0.05) is 18.2 Å². The molecule has 0 bridgehead atoms. The van der Waals surface area contributed by atoms with E-state index in [0.29, 0.717) is 0 Å². The number of aromatic amines is 1. The van der Waals surface area contributed by atoms with E-state index in [4.69, 9.17) is 0 Å². The largest absolute Gasteiger partial charge is 0.369 e. The molecule has 3 nitrogen and oxygen atoms in total. The number of benzene rings is 1. The van der Waals surface area contributed by atoms with Crippen molar-refractivity contribution in [2.45, 2.75) is 13.8 Å². The second kappa shape index (κ2) is 4.17. The molecule has 0 saturated carbocycles. The van der Waals surface area contributed by atoms with Gasteiger partial charge in [-0.2, -0.15) is 5.10 Å². The molecule has 1 aromatic carbocycles. The third kappa shape index (κ3) is 2.01. The predicted molar refractivity (Wildman–Crippen MR) is 62.9 cm³/mol. The smallest absolute Gasteiger partial charge is 0.148 e. The second-order valence-corrected chi connectivity index (χ2v) is 3.51. The van der Waals surface area contributed by atoms with Crippen molar-refractivity contribution in [3.63, 3.8) is 0 Å². The molecule has 0 radical (unpaired) electrons. The first-order valence-electron chi connectivity index (χ1n) is 5.16. The Bertz CT molecular complexity index is 446. The molecule has 0 aliphatic heterocycles. The fourth-order valence-corrected chi connectivity index (χ4v) is 1.61. The highest BCUT2D eigenvalue weighted by Crippen LogP contribution is 2.22. The van der Waals surface area contributed by atoms with Crippen LogP contribution >= 0.6 is 0 Å². The van der Waals surface area contributed by atoms with E-state index in [1.165, 1.54) is 11.1 Å². The van der Waals surface area contributed by atoms with Gasteiger partial charge in [0.15, 0.2) is 0 Å². The molecule has 0 amide bonds. The van der Waals surface area contributed by atoms with Crippen LogP contribution in [0.25, 0.3) is 11.3 Å². The molecule has 0 unspecified atom stereocenters. The minimum Gasteiger partial charge on any atom is -0.369 e. The SMILES string of the molecule is CCNc1cc(-c2ccccc2C)[nH]n1. The van der Waals surface area contributed by atoms with Crippen molar-refractivity contribution < 1.29 is 0 Å². The lowest BCUT2D eigenvalue weighted by molar-refractivity contribution is 1.07. The molecule has 2 rings (SSSR count). The van der Waals surface area contributed by atoms with E-state index in [9.17, 15) is 0 Å². The van der Waals surface area contributed by atoms with Crippen molar-refractivity contribution in [1.29, 1.82) is 0 Å². The van der Waals surface area contributed by atoms with E-state index in [2.05, 4.69) is 41.5 Å². The molecule has 1 heterocycles. The minimum atomic E-state index is 0.887. The molecule has 0 atom stereocenters. The minimum absolute atomic E-state index is 0.887. The summed E-state index contributed by atoms with van der Waals surface area (Å²) in [6.45, 7) is 5.04. The maximum atomic E-state index is 4.19. The topological polar surface area (TPSA) is 40.7 Å². The van der Waals surface area contributed by atoms with Gasteiger partial charge in [0.05, 0.1) is 5.69 Å². The summed E-state index contributed by atoms with van der Waals surface area (Å²) >= 11 is 0. The van der Waals surface area contributed by atoms with E-state index < -0.39 is 0 Å². The lowest BCUT2D eigenvalue weighted by Gasteiger charge is -2.00. The van der Waals surface area contributed by atoms with Crippen LogP contribution in [-0.2, 0) is 0 Å². The van der Waals surface area contributed by atoms with Gasteiger partial charge >= 0.3 is 0 Å². The Morgan fingerprint density at radius 1 is 1.33 bits per heavy atom. The highest BCUT2D eigenvalue weighted by molar-refractivity contribution is 5.65. The molecule has 1 aromatic heterocycles. The van der Waals surface area contributed by atoms with Gasteiger partial charge in [-0.25, -0.2) is 0 Å². The molecular formula is C12H15N3. The molecule has 0 fully saturated rings.